The van der Waals surface area contributed by atoms with Crippen molar-refractivity contribution in [3.8, 4) is 5.75 Å². The van der Waals surface area contributed by atoms with Crippen LogP contribution in [0.2, 0.25) is 0 Å². The smallest absolute Gasteiger partial charge is 0.271 e. The molecule has 0 spiro atoms. The Labute approximate surface area is 124 Å². The van der Waals surface area contributed by atoms with E-state index in [4.69, 9.17) is 4.74 Å². The van der Waals surface area contributed by atoms with Crippen molar-refractivity contribution in [3.05, 3.63) is 53.6 Å². The molecule has 0 aliphatic carbocycles. The largest absolute Gasteiger partial charge is 0.496 e. The summed E-state index contributed by atoms with van der Waals surface area (Å²) in [4.78, 5) is 19.8. The summed E-state index contributed by atoms with van der Waals surface area (Å²) in [7, 11) is 1.62. The van der Waals surface area contributed by atoms with Crippen LogP contribution in [0, 0.1) is 0 Å². The van der Waals surface area contributed by atoms with Crippen LogP contribution in [-0.2, 0) is 6.54 Å². The number of hydrogen-bond acceptors (Lipinski definition) is 4. The van der Waals surface area contributed by atoms with Gasteiger partial charge in [0.25, 0.3) is 5.91 Å². The molecule has 1 N–H and O–H groups in total. The molecule has 1 heterocycles. The molecule has 21 heavy (non-hydrogen) atoms. The zero-order valence-electron chi connectivity index (χ0n) is 12.5. The first-order valence-corrected chi connectivity index (χ1v) is 6.83. The second-order valence-electron chi connectivity index (χ2n) is 5.00. The highest BCUT2D eigenvalue weighted by molar-refractivity contribution is 5.91. The van der Waals surface area contributed by atoms with Crippen molar-refractivity contribution in [2.45, 2.75) is 26.3 Å². The van der Waals surface area contributed by atoms with Gasteiger partial charge in [-0.1, -0.05) is 26.0 Å². The van der Waals surface area contributed by atoms with Gasteiger partial charge < -0.3 is 10.1 Å². The lowest BCUT2D eigenvalue weighted by Gasteiger charge is -2.13. The molecular formula is C16H19N3O2. The van der Waals surface area contributed by atoms with E-state index < -0.39 is 0 Å². The SMILES string of the molecule is COc1ccc(C(C)C)cc1CNC(=O)c1cnccn1. The lowest BCUT2D eigenvalue weighted by Crippen LogP contribution is -2.24. The molecular weight excluding hydrogens is 266 g/mol. The van der Waals surface area contributed by atoms with Crippen molar-refractivity contribution in [3.63, 3.8) is 0 Å². The van der Waals surface area contributed by atoms with E-state index >= 15 is 0 Å². The summed E-state index contributed by atoms with van der Waals surface area (Å²) in [6.45, 7) is 4.65. The minimum Gasteiger partial charge on any atom is -0.496 e. The molecule has 0 atom stereocenters. The number of carbonyl (C=O) groups excluding carboxylic acids is 1. The van der Waals surface area contributed by atoms with Crippen LogP contribution in [0.5, 0.6) is 5.75 Å². The molecule has 0 bridgehead atoms. The van der Waals surface area contributed by atoms with Gasteiger partial charge in [-0.2, -0.15) is 0 Å². The predicted octanol–water partition coefficient (Wildman–Crippen LogP) is 2.54. The average Bonchev–Trinajstić information content (AvgIpc) is 2.53. The number of hydrogen-bond donors (Lipinski definition) is 1. The molecule has 0 saturated heterocycles. The lowest BCUT2D eigenvalue weighted by molar-refractivity contribution is 0.0945. The third-order valence-corrected chi connectivity index (χ3v) is 3.21. The van der Waals surface area contributed by atoms with E-state index in [1.54, 1.807) is 7.11 Å². The Morgan fingerprint density at radius 3 is 2.76 bits per heavy atom. The van der Waals surface area contributed by atoms with E-state index in [1.807, 2.05) is 12.1 Å². The second kappa shape index (κ2) is 6.83. The number of amides is 1. The molecule has 1 aromatic carbocycles. The highest BCUT2D eigenvalue weighted by Gasteiger charge is 2.10. The summed E-state index contributed by atoms with van der Waals surface area (Å²) in [5, 5.41) is 2.83. The van der Waals surface area contributed by atoms with Crippen LogP contribution in [0.4, 0.5) is 0 Å². The minimum atomic E-state index is -0.250. The second-order valence-corrected chi connectivity index (χ2v) is 5.00. The molecule has 1 aromatic heterocycles. The van der Waals surface area contributed by atoms with Crippen molar-refractivity contribution in [2.75, 3.05) is 7.11 Å². The summed E-state index contributed by atoms with van der Waals surface area (Å²) in [5.41, 5.74) is 2.46. The lowest BCUT2D eigenvalue weighted by atomic mass is 10.00. The Hall–Kier alpha value is -2.43. The fraction of sp³-hybridized carbons (Fsp3) is 0.312. The van der Waals surface area contributed by atoms with E-state index in [1.165, 1.54) is 24.2 Å². The number of carbonyl (C=O) groups is 1. The molecule has 0 saturated carbocycles. The summed E-state index contributed by atoms with van der Waals surface area (Å²) >= 11 is 0. The maximum atomic E-state index is 12.0. The van der Waals surface area contributed by atoms with Crippen molar-refractivity contribution in [2.24, 2.45) is 0 Å². The standard InChI is InChI=1S/C16H19N3O2/c1-11(2)12-4-5-15(21-3)13(8-12)9-19-16(20)14-10-17-6-7-18-14/h4-8,10-11H,9H2,1-3H3,(H,19,20). The molecule has 110 valence electrons. The molecule has 2 aromatic rings. The first-order chi connectivity index (χ1) is 10.1. The van der Waals surface area contributed by atoms with E-state index in [9.17, 15) is 4.79 Å². The van der Waals surface area contributed by atoms with Crippen LogP contribution < -0.4 is 10.1 Å². The normalized spacial score (nSPS) is 10.5. The summed E-state index contributed by atoms with van der Waals surface area (Å²) in [6, 6.07) is 6.02. The molecule has 0 aliphatic heterocycles. The van der Waals surface area contributed by atoms with Crippen LogP contribution in [0.25, 0.3) is 0 Å². The highest BCUT2D eigenvalue weighted by Crippen LogP contribution is 2.24. The van der Waals surface area contributed by atoms with Gasteiger partial charge in [0.2, 0.25) is 0 Å². The summed E-state index contributed by atoms with van der Waals surface area (Å²) < 4.78 is 5.34. The quantitative estimate of drug-likeness (QED) is 0.917. The molecule has 0 unspecified atom stereocenters. The topological polar surface area (TPSA) is 64.1 Å². The monoisotopic (exact) mass is 285 g/mol. The van der Waals surface area contributed by atoms with Gasteiger partial charge in [0, 0.05) is 24.5 Å². The van der Waals surface area contributed by atoms with Gasteiger partial charge in [-0.25, -0.2) is 4.98 Å². The Bertz CT molecular complexity index is 612. The first kappa shape index (κ1) is 15.0. The maximum Gasteiger partial charge on any atom is 0.271 e. The molecule has 5 heteroatoms. The molecule has 5 nitrogen and oxygen atoms in total. The van der Waals surface area contributed by atoms with Crippen molar-refractivity contribution >= 4 is 5.91 Å². The van der Waals surface area contributed by atoms with E-state index in [0.29, 0.717) is 18.2 Å². The van der Waals surface area contributed by atoms with Crippen LogP contribution >= 0.6 is 0 Å². The Balaban J connectivity index is 2.12. The van der Waals surface area contributed by atoms with Gasteiger partial charge in [0.05, 0.1) is 13.3 Å². The van der Waals surface area contributed by atoms with Crippen molar-refractivity contribution in [1.82, 2.24) is 15.3 Å². The van der Waals surface area contributed by atoms with E-state index in [2.05, 4.69) is 35.2 Å². The Morgan fingerprint density at radius 2 is 2.14 bits per heavy atom. The zero-order chi connectivity index (χ0) is 15.2. The number of ether oxygens (including phenoxy) is 1. The predicted molar refractivity (Wildman–Crippen MR) is 80.3 cm³/mol. The zero-order valence-corrected chi connectivity index (χ0v) is 12.5. The number of methoxy groups -OCH3 is 1. The molecule has 2 rings (SSSR count). The van der Waals surface area contributed by atoms with Gasteiger partial charge >= 0.3 is 0 Å². The Kier molecular flexibility index (Phi) is 4.87. The van der Waals surface area contributed by atoms with E-state index in [0.717, 1.165) is 11.3 Å². The van der Waals surface area contributed by atoms with Crippen LogP contribution in [-0.4, -0.2) is 23.0 Å². The number of rotatable bonds is 5. The summed E-state index contributed by atoms with van der Waals surface area (Å²) in [6.07, 6.45) is 4.47. The van der Waals surface area contributed by atoms with Gasteiger partial charge in [0.1, 0.15) is 11.4 Å². The third-order valence-electron chi connectivity index (χ3n) is 3.21. The van der Waals surface area contributed by atoms with Crippen molar-refractivity contribution < 1.29 is 9.53 Å². The minimum absolute atomic E-state index is 0.250. The fourth-order valence-electron chi connectivity index (χ4n) is 1.98. The first-order valence-electron chi connectivity index (χ1n) is 6.83. The van der Waals surface area contributed by atoms with Crippen LogP contribution in [0.15, 0.2) is 36.8 Å². The highest BCUT2D eigenvalue weighted by atomic mass is 16.5. The third kappa shape index (κ3) is 3.78. The van der Waals surface area contributed by atoms with Gasteiger partial charge in [-0.05, 0) is 17.5 Å². The molecule has 0 radical (unpaired) electrons. The van der Waals surface area contributed by atoms with Gasteiger partial charge in [0.15, 0.2) is 0 Å². The fourth-order valence-corrected chi connectivity index (χ4v) is 1.98. The van der Waals surface area contributed by atoms with Crippen molar-refractivity contribution in [1.29, 1.82) is 0 Å². The number of nitrogens with one attached hydrogen (secondary N) is 1. The molecule has 0 aliphatic rings. The number of nitrogens with zero attached hydrogens (tertiary/aromatic N) is 2. The van der Waals surface area contributed by atoms with Crippen LogP contribution in [0.3, 0.4) is 0 Å². The van der Waals surface area contributed by atoms with E-state index in [-0.39, 0.29) is 5.91 Å². The number of aromatic nitrogens is 2. The maximum absolute atomic E-state index is 12.0. The summed E-state index contributed by atoms with van der Waals surface area (Å²) in [5.74, 6) is 0.935. The van der Waals surface area contributed by atoms with Crippen LogP contribution in [0.1, 0.15) is 41.4 Å². The average molecular weight is 285 g/mol. The molecule has 0 fully saturated rings. The van der Waals surface area contributed by atoms with Gasteiger partial charge in [-0.15, -0.1) is 0 Å². The van der Waals surface area contributed by atoms with Gasteiger partial charge in [-0.3, -0.25) is 9.78 Å². The number of benzene rings is 1. The Morgan fingerprint density at radius 1 is 1.33 bits per heavy atom. The molecule has 1 amide bonds.